The van der Waals surface area contributed by atoms with E-state index in [-0.39, 0.29) is 23.9 Å². The van der Waals surface area contributed by atoms with Gasteiger partial charge in [0.2, 0.25) is 0 Å². The Kier molecular flexibility index (Phi) is 3.70. The number of hydrogen-bond acceptors (Lipinski definition) is 2. The number of carboxylic acid groups (broad SMARTS) is 1. The van der Waals surface area contributed by atoms with Crippen LogP contribution in [0.2, 0.25) is 0 Å². The Labute approximate surface area is 118 Å². The number of hydrogen-bond donors (Lipinski definition) is 2. The predicted molar refractivity (Wildman–Crippen MR) is 77.1 cm³/mol. The number of aliphatic carboxylic acids is 1. The number of nitrogens with zero attached hydrogens (tertiary/aromatic N) is 1. The minimum absolute atomic E-state index is 0.0380. The molecule has 2 amide bonds. The van der Waals surface area contributed by atoms with Gasteiger partial charge in [-0.2, -0.15) is 0 Å². The quantitative estimate of drug-likeness (QED) is 0.872. The summed E-state index contributed by atoms with van der Waals surface area (Å²) in [5.74, 6) is -0.989. The van der Waals surface area contributed by atoms with E-state index < -0.39 is 5.97 Å². The van der Waals surface area contributed by atoms with Gasteiger partial charge in [0, 0.05) is 23.7 Å². The van der Waals surface area contributed by atoms with E-state index in [1.54, 1.807) is 4.90 Å². The van der Waals surface area contributed by atoms with Crippen molar-refractivity contribution in [1.82, 2.24) is 5.32 Å². The molecule has 0 spiro atoms. The van der Waals surface area contributed by atoms with Gasteiger partial charge in [-0.3, -0.25) is 9.69 Å². The number of fused-ring (bicyclic) bond motifs is 1. The van der Waals surface area contributed by atoms with Crippen molar-refractivity contribution in [2.24, 2.45) is 0 Å². The Morgan fingerprint density at radius 2 is 2.00 bits per heavy atom. The minimum atomic E-state index is -0.845. The van der Waals surface area contributed by atoms with Crippen molar-refractivity contribution in [3.63, 3.8) is 0 Å². The van der Waals surface area contributed by atoms with Gasteiger partial charge in [-0.25, -0.2) is 4.79 Å². The number of urea groups is 1. The highest BCUT2D eigenvalue weighted by Crippen LogP contribution is 2.37. The van der Waals surface area contributed by atoms with E-state index >= 15 is 0 Å². The Balaban J connectivity index is 2.25. The van der Waals surface area contributed by atoms with Gasteiger partial charge in [0.15, 0.2) is 0 Å². The fourth-order valence-corrected chi connectivity index (χ4v) is 2.46. The molecule has 2 rings (SSSR count). The topological polar surface area (TPSA) is 69.6 Å². The third-order valence-corrected chi connectivity index (χ3v) is 3.22. The number of carbonyl (C=O) groups is 2. The minimum Gasteiger partial charge on any atom is -0.481 e. The van der Waals surface area contributed by atoms with Crippen molar-refractivity contribution < 1.29 is 14.7 Å². The molecule has 108 valence electrons. The van der Waals surface area contributed by atoms with Crippen LogP contribution in [0.4, 0.5) is 10.5 Å². The van der Waals surface area contributed by atoms with Crippen molar-refractivity contribution in [3.8, 4) is 0 Å². The van der Waals surface area contributed by atoms with E-state index in [2.05, 4.69) is 5.32 Å². The lowest BCUT2D eigenvalue weighted by Crippen LogP contribution is -2.48. The second kappa shape index (κ2) is 5.15. The molecule has 1 aliphatic heterocycles. The van der Waals surface area contributed by atoms with Gasteiger partial charge in [0.25, 0.3) is 0 Å². The predicted octanol–water partition coefficient (Wildman–Crippen LogP) is 2.57. The standard InChI is InChI=1S/C15H20N2O3/c1-15(2,3)16-14(20)17-9-10(8-13(18)19)11-6-4-5-7-12(11)17/h4-7,10H,8-9H2,1-3H3,(H,16,20)(H,18,19). The number of para-hydroxylation sites is 1. The van der Waals surface area contributed by atoms with Crippen LogP contribution in [0.15, 0.2) is 24.3 Å². The summed E-state index contributed by atoms with van der Waals surface area (Å²) in [5.41, 5.74) is 1.41. The second-order valence-corrected chi connectivity index (χ2v) is 6.14. The normalized spacial score (nSPS) is 17.8. The first kappa shape index (κ1) is 14.4. The Morgan fingerprint density at radius 3 is 2.60 bits per heavy atom. The van der Waals surface area contributed by atoms with Crippen LogP contribution in [0, 0.1) is 0 Å². The average Bonchev–Trinajstić information content (AvgIpc) is 2.66. The summed E-state index contributed by atoms with van der Waals surface area (Å²) >= 11 is 0. The van der Waals surface area contributed by atoms with E-state index in [1.165, 1.54) is 0 Å². The second-order valence-electron chi connectivity index (χ2n) is 6.14. The van der Waals surface area contributed by atoms with Crippen LogP contribution in [0.1, 0.15) is 38.7 Å². The molecule has 1 aliphatic rings. The molecule has 5 nitrogen and oxygen atoms in total. The largest absolute Gasteiger partial charge is 0.481 e. The lowest BCUT2D eigenvalue weighted by Gasteiger charge is -2.26. The van der Waals surface area contributed by atoms with Crippen molar-refractivity contribution in [2.45, 2.75) is 38.6 Å². The Bertz CT molecular complexity index is 534. The van der Waals surface area contributed by atoms with Gasteiger partial charge < -0.3 is 10.4 Å². The van der Waals surface area contributed by atoms with Crippen LogP contribution < -0.4 is 10.2 Å². The summed E-state index contributed by atoms with van der Waals surface area (Å²) in [6, 6.07) is 7.31. The van der Waals surface area contributed by atoms with Crippen molar-refractivity contribution in [3.05, 3.63) is 29.8 Å². The van der Waals surface area contributed by atoms with Crippen LogP contribution in [-0.4, -0.2) is 29.2 Å². The fourth-order valence-electron chi connectivity index (χ4n) is 2.46. The van der Waals surface area contributed by atoms with Gasteiger partial charge in [-0.05, 0) is 32.4 Å². The Morgan fingerprint density at radius 1 is 1.35 bits per heavy atom. The average molecular weight is 276 g/mol. The summed E-state index contributed by atoms with van der Waals surface area (Å²) in [7, 11) is 0. The third-order valence-electron chi connectivity index (χ3n) is 3.22. The van der Waals surface area contributed by atoms with E-state index in [1.807, 2.05) is 45.0 Å². The number of carbonyl (C=O) groups excluding carboxylic acids is 1. The lowest BCUT2D eigenvalue weighted by molar-refractivity contribution is -0.137. The molecular formula is C15H20N2O3. The van der Waals surface area contributed by atoms with Crippen LogP contribution in [0.25, 0.3) is 0 Å². The molecule has 0 aromatic heterocycles. The lowest BCUT2D eigenvalue weighted by atomic mass is 9.98. The first-order chi connectivity index (χ1) is 9.28. The molecule has 1 heterocycles. The van der Waals surface area contributed by atoms with Crippen molar-refractivity contribution >= 4 is 17.7 Å². The van der Waals surface area contributed by atoms with Gasteiger partial charge in [-0.1, -0.05) is 18.2 Å². The van der Waals surface area contributed by atoms with Crippen LogP contribution >= 0.6 is 0 Å². The van der Waals surface area contributed by atoms with E-state index in [4.69, 9.17) is 5.11 Å². The van der Waals surface area contributed by atoms with E-state index in [0.29, 0.717) is 6.54 Å². The highest BCUT2D eigenvalue weighted by Gasteiger charge is 2.34. The number of rotatable bonds is 2. The summed E-state index contributed by atoms with van der Waals surface area (Å²) in [5, 5.41) is 11.9. The summed E-state index contributed by atoms with van der Waals surface area (Å²) in [4.78, 5) is 24.9. The highest BCUT2D eigenvalue weighted by molar-refractivity contribution is 5.95. The SMILES string of the molecule is CC(C)(C)NC(=O)N1CC(CC(=O)O)c2ccccc21. The van der Waals surface area contributed by atoms with Crippen LogP contribution in [0.3, 0.4) is 0 Å². The molecule has 0 bridgehead atoms. The summed E-state index contributed by atoms with van der Waals surface area (Å²) in [6.07, 6.45) is 0.0380. The highest BCUT2D eigenvalue weighted by atomic mass is 16.4. The van der Waals surface area contributed by atoms with E-state index in [9.17, 15) is 9.59 Å². The molecular weight excluding hydrogens is 256 g/mol. The fraction of sp³-hybridized carbons (Fsp3) is 0.467. The molecule has 0 saturated carbocycles. The zero-order valence-electron chi connectivity index (χ0n) is 12.0. The summed E-state index contributed by atoms with van der Waals surface area (Å²) in [6.45, 7) is 6.17. The molecule has 0 aliphatic carbocycles. The van der Waals surface area contributed by atoms with Crippen LogP contribution in [-0.2, 0) is 4.79 Å². The molecule has 1 aromatic rings. The van der Waals surface area contributed by atoms with E-state index in [0.717, 1.165) is 11.3 Å². The zero-order valence-corrected chi connectivity index (χ0v) is 12.0. The zero-order chi connectivity index (χ0) is 14.9. The number of amides is 2. The Hall–Kier alpha value is -2.04. The molecule has 2 N–H and O–H groups in total. The first-order valence-electron chi connectivity index (χ1n) is 6.68. The molecule has 0 fully saturated rings. The maximum atomic E-state index is 12.3. The monoisotopic (exact) mass is 276 g/mol. The van der Waals surface area contributed by atoms with Gasteiger partial charge in [0.1, 0.15) is 0 Å². The first-order valence-corrected chi connectivity index (χ1v) is 6.68. The number of anilines is 1. The molecule has 1 atom stereocenters. The van der Waals surface area contributed by atoms with Gasteiger partial charge >= 0.3 is 12.0 Å². The van der Waals surface area contributed by atoms with Gasteiger partial charge in [-0.15, -0.1) is 0 Å². The maximum Gasteiger partial charge on any atom is 0.322 e. The summed E-state index contributed by atoms with van der Waals surface area (Å²) < 4.78 is 0. The third kappa shape index (κ3) is 3.10. The number of carboxylic acids is 1. The molecule has 1 aromatic carbocycles. The molecule has 1 unspecified atom stereocenters. The number of nitrogens with one attached hydrogen (secondary N) is 1. The molecule has 20 heavy (non-hydrogen) atoms. The van der Waals surface area contributed by atoms with Gasteiger partial charge in [0.05, 0.1) is 6.42 Å². The maximum absolute atomic E-state index is 12.3. The smallest absolute Gasteiger partial charge is 0.322 e. The van der Waals surface area contributed by atoms with Crippen molar-refractivity contribution in [2.75, 3.05) is 11.4 Å². The molecule has 0 radical (unpaired) electrons. The van der Waals surface area contributed by atoms with Crippen LogP contribution in [0.5, 0.6) is 0 Å². The van der Waals surface area contributed by atoms with Crippen molar-refractivity contribution in [1.29, 1.82) is 0 Å². The molecule has 5 heteroatoms. The number of benzene rings is 1. The molecule has 0 saturated heterocycles.